The van der Waals surface area contributed by atoms with Crippen LogP contribution in [0.5, 0.6) is 0 Å². The Bertz CT molecular complexity index is 1960. The Balaban J connectivity index is 5.25. The molecule has 0 spiro atoms. The number of phosphoric acid groups is 2. The summed E-state index contributed by atoms with van der Waals surface area (Å²) in [7, 11) is -9.92. The van der Waals surface area contributed by atoms with Gasteiger partial charge in [-0.1, -0.05) is 364 Å². The van der Waals surface area contributed by atoms with Gasteiger partial charge in [0.2, 0.25) is 0 Å². The van der Waals surface area contributed by atoms with Crippen LogP contribution in [-0.4, -0.2) is 96.7 Å². The molecule has 0 aliphatic rings. The number of carbonyl (C=O) groups excluding carboxylic acids is 4. The molecule has 0 heterocycles. The molecule has 19 heteroatoms. The number of esters is 4. The molecule has 0 aromatic heterocycles. The topological polar surface area (TPSA) is 237 Å². The van der Waals surface area contributed by atoms with Crippen molar-refractivity contribution in [3.63, 3.8) is 0 Å². The van der Waals surface area contributed by atoms with Gasteiger partial charge < -0.3 is 33.8 Å². The molecule has 0 bridgehead atoms. The highest BCUT2D eigenvalue weighted by atomic mass is 31.2. The average molecular weight is 1470 g/mol. The van der Waals surface area contributed by atoms with Crippen molar-refractivity contribution in [2.75, 3.05) is 39.6 Å². The van der Waals surface area contributed by atoms with E-state index >= 15 is 0 Å². The van der Waals surface area contributed by atoms with Gasteiger partial charge in [-0.3, -0.25) is 37.3 Å². The third-order valence-electron chi connectivity index (χ3n) is 19.2. The lowest BCUT2D eigenvalue weighted by Crippen LogP contribution is -2.30. The highest BCUT2D eigenvalue weighted by Crippen LogP contribution is 2.45. The van der Waals surface area contributed by atoms with Gasteiger partial charge in [0.25, 0.3) is 0 Å². The fourth-order valence-corrected chi connectivity index (χ4v) is 14.0. The SMILES string of the molecule is CCC(C)CCCCCCCCCCCCC(=O)O[C@H](COC(=O)CCCCCCCCCC(C)C)COP(=O)(O)OCC(O)COP(=O)(O)OC[C@@H](COC(=O)CCCCCCCCCCCCCCCCC(C)C)OC(=O)CCCCCCCCCCCCCCCCCCC(C)C. The van der Waals surface area contributed by atoms with Gasteiger partial charge >= 0.3 is 39.5 Å². The number of unbranched alkanes of at least 4 members (excludes halogenated alkanes) is 43. The third-order valence-corrected chi connectivity index (χ3v) is 21.1. The van der Waals surface area contributed by atoms with E-state index in [1.807, 2.05) is 0 Å². The van der Waals surface area contributed by atoms with E-state index in [1.54, 1.807) is 0 Å². The highest BCUT2D eigenvalue weighted by molar-refractivity contribution is 7.47. The molecular weight excluding hydrogens is 1310 g/mol. The van der Waals surface area contributed by atoms with E-state index in [1.165, 1.54) is 212 Å². The van der Waals surface area contributed by atoms with Gasteiger partial charge in [0.05, 0.1) is 26.4 Å². The van der Waals surface area contributed by atoms with Crippen molar-refractivity contribution < 1.29 is 80.2 Å². The Kier molecular flexibility index (Phi) is 68.7. The molecule has 0 rings (SSSR count). The summed E-state index contributed by atoms with van der Waals surface area (Å²) < 4.78 is 68.7. The summed E-state index contributed by atoms with van der Waals surface area (Å²) >= 11 is 0. The Hall–Kier alpha value is -1.94. The molecule has 0 aromatic carbocycles. The molecule has 0 fully saturated rings. The number of aliphatic hydroxyl groups is 1. The molecule has 0 amide bonds. The quantitative estimate of drug-likeness (QED) is 0.0222. The first kappa shape index (κ1) is 98.1. The molecular formula is C81H158O17P2. The van der Waals surface area contributed by atoms with Crippen LogP contribution in [-0.2, 0) is 65.4 Å². The van der Waals surface area contributed by atoms with Gasteiger partial charge in [0.15, 0.2) is 12.2 Å². The van der Waals surface area contributed by atoms with Crippen molar-refractivity contribution >= 4 is 39.5 Å². The van der Waals surface area contributed by atoms with Crippen LogP contribution in [0.15, 0.2) is 0 Å². The first-order chi connectivity index (χ1) is 48.1. The van der Waals surface area contributed by atoms with Crippen LogP contribution in [0.3, 0.4) is 0 Å². The predicted octanol–water partition coefficient (Wildman–Crippen LogP) is 24.0. The van der Waals surface area contributed by atoms with Crippen molar-refractivity contribution in [3.05, 3.63) is 0 Å². The number of hydrogen-bond acceptors (Lipinski definition) is 15. The fourth-order valence-electron chi connectivity index (χ4n) is 12.4. The molecule has 594 valence electrons. The summed E-state index contributed by atoms with van der Waals surface area (Å²) in [6, 6.07) is 0. The number of aliphatic hydroxyl groups excluding tert-OH is 1. The van der Waals surface area contributed by atoms with E-state index in [-0.39, 0.29) is 25.7 Å². The maximum absolute atomic E-state index is 13.1. The molecule has 17 nitrogen and oxygen atoms in total. The van der Waals surface area contributed by atoms with Crippen LogP contribution >= 0.6 is 15.6 Å². The lowest BCUT2D eigenvalue weighted by Gasteiger charge is -2.21. The molecule has 0 aliphatic heterocycles. The number of hydrogen-bond donors (Lipinski definition) is 3. The first-order valence-corrected chi connectivity index (χ1v) is 44.7. The Morgan fingerprint density at radius 3 is 0.710 bits per heavy atom. The molecule has 4 unspecified atom stereocenters. The van der Waals surface area contributed by atoms with Crippen molar-refractivity contribution in [3.8, 4) is 0 Å². The molecule has 0 saturated carbocycles. The van der Waals surface area contributed by atoms with Crippen LogP contribution < -0.4 is 0 Å². The van der Waals surface area contributed by atoms with Gasteiger partial charge in [-0.05, 0) is 49.4 Å². The van der Waals surface area contributed by atoms with Crippen molar-refractivity contribution in [2.45, 2.75) is 433 Å². The second-order valence-electron chi connectivity index (χ2n) is 30.8. The maximum atomic E-state index is 13.1. The van der Waals surface area contributed by atoms with E-state index in [9.17, 15) is 43.2 Å². The molecule has 100 heavy (non-hydrogen) atoms. The monoisotopic (exact) mass is 1470 g/mol. The summed E-state index contributed by atoms with van der Waals surface area (Å²) in [5, 5.41) is 10.6. The normalized spacial score (nSPS) is 14.3. The van der Waals surface area contributed by atoms with Gasteiger partial charge in [-0.25, -0.2) is 9.13 Å². The second-order valence-corrected chi connectivity index (χ2v) is 33.7. The van der Waals surface area contributed by atoms with E-state index < -0.39 is 97.5 Å². The Labute approximate surface area is 613 Å². The summed E-state index contributed by atoms with van der Waals surface area (Å²) in [6.45, 7) is 14.3. The van der Waals surface area contributed by atoms with Gasteiger partial charge in [-0.2, -0.15) is 0 Å². The fraction of sp³-hybridized carbons (Fsp3) is 0.951. The maximum Gasteiger partial charge on any atom is 0.472 e. The predicted molar refractivity (Wildman–Crippen MR) is 409 cm³/mol. The van der Waals surface area contributed by atoms with Crippen molar-refractivity contribution in [1.82, 2.24) is 0 Å². The zero-order valence-corrected chi connectivity index (χ0v) is 67.6. The third kappa shape index (κ3) is 73.0. The largest absolute Gasteiger partial charge is 0.472 e. The second kappa shape index (κ2) is 70.1. The molecule has 6 atom stereocenters. The number of ether oxygens (including phenoxy) is 4. The number of carbonyl (C=O) groups is 4. The van der Waals surface area contributed by atoms with Gasteiger partial charge in [-0.15, -0.1) is 0 Å². The van der Waals surface area contributed by atoms with E-state index in [2.05, 4.69) is 55.4 Å². The van der Waals surface area contributed by atoms with Crippen LogP contribution in [0.2, 0.25) is 0 Å². The summed E-state index contributed by atoms with van der Waals surface area (Å²) in [5.74, 6) is 1.00. The van der Waals surface area contributed by atoms with Crippen LogP contribution in [0.1, 0.15) is 415 Å². The molecule has 3 N–H and O–H groups in total. The lowest BCUT2D eigenvalue weighted by atomic mass is 9.99. The van der Waals surface area contributed by atoms with Crippen LogP contribution in [0, 0.1) is 23.7 Å². The van der Waals surface area contributed by atoms with E-state index in [0.717, 1.165) is 114 Å². The van der Waals surface area contributed by atoms with Crippen LogP contribution in [0.4, 0.5) is 0 Å². The van der Waals surface area contributed by atoms with Gasteiger partial charge in [0.1, 0.15) is 19.3 Å². The highest BCUT2D eigenvalue weighted by Gasteiger charge is 2.30. The number of rotatable bonds is 78. The Morgan fingerprint density at radius 2 is 0.480 bits per heavy atom. The summed E-state index contributed by atoms with van der Waals surface area (Å²) in [4.78, 5) is 73.0. The minimum Gasteiger partial charge on any atom is -0.462 e. The number of phosphoric ester groups is 2. The van der Waals surface area contributed by atoms with Crippen molar-refractivity contribution in [2.24, 2.45) is 23.7 Å². The van der Waals surface area contributed by atoms with E-state index in [4.69, 9.17) is 37.0 Å². The smallest absolute Gasteiger partial charge is 0.462 e. The standard InChI is InChI=1S/C81H158O17P2/c1-9-74(8)60-52-44-36-28-24-25-31-39-48-56-64-81(86)98-77(68-92-79(84)62-54-46-40-32-35-43-51-59-73(6)7)70-96-100(89,90)94-66-75(82)65-93-99(87,88)95-69-76(67-91-78(83)61-53-45-37-29-22-18-15-14-17-21-27-34-42-50-58-72(4)5)97-80(85)63-55-47-38-30-23-19-13-11-10-12-16-20-26-33-41-49-57-71(2)3/h71-77,82H,9-70H2,1-8H3,(H,87,88)(H,89,90)/t74?,75?,76-,77-/m1/s1. The molecule has 0 saturated heterocycles. The molecule has 0 aromatic rings. The van der Waals surface area contributed by atoms with Crippen LogP contribution in [0.25, 0.3) is 0 Å². The zero-order chi connectivity index (χ0) is 73.8. The van der Waals surface area contributed by atoms with Gasteiger partial charge in [0, 0.05) is 25.7 Å². The van der Waals surface area contributed by atoms with E-state index in [0.29, 0.717) is 31.6 Å². The summed E-state index contributed by atoms with van der Waals surface area (Å²) in [6.07, 6.45) is 56.9. The minimum atomic E-state index is -4.96. The summed E-state index contributed by atoms with van der Waals surface area (Å²) in [5.41, 5.74) is 0. The first-order valence-electron chi connectivity index (χ1n) is 41.7. The minimum absolute atomic E-state index is 0.105. The molecule has 0 radical (unpaired) electrons. The lowest BCUT2D eigenvalue weighted by molar-refractivity contribution is -0.161. The average Bonchev–Trinajstić information content (AvgIpc) is 0.917. The Morgan fingerprint density at radius 1 is 0.280 bits per heavy atom. The molecule has 0 aliphatic carbocycles. The zero-order valence-electron chi connectivity index (χ0n) is 65.8. The van der Waals surface area contributed by atoms with Crippen molar-refractivity contribution in [1.29, 1.82) is 0 Å².